The first-order chi connectivity index (χ1) is 9.69. The van der Waals surface area contributed by atoms with Gasteiger partial charge in [0.25, 0.3) is 0 Å². The quantitative estimate of drug-likeness (QED) is 0.436. The second-order valence-electron chi connectivity index (χ2n) is 4.70. The number of benzene rings is 1. The summed E-state index contributed by atoms with van der Waals surface area (Å²) in [6, 6.07) is 10.2. The lowest BCUT2D eigenvalue weighted by atomic mass is 10.0. The molecule has 3 rings (SSSR count). The molecule has 2 heterocycles. The molecule has 0 saturated heterocycles. The van der Waals surface area contributed by atoms with Gasteiger partial charge >= 0.3 is 5.65 Å². The molecule has 0 bridgehead atoms. The van der Waals surface area contributed by atoms with E-state index in [2.05, 4.69) is 17.6 Å². The summed E-state index contributed by atoms with van der Waals surface area (Å²) in [5.41, 5.74) is 5.14. The van der Waals surface area contributed by atoms with Gasteiger partial charge < -0.3 is 0 Å². The minimum Gasteiger partial charge on any atom is -0.235 e. The molecule has 0 saturated carbocycles. The van der Waals surface area contributed by atoms with Crippen molar-refractivity contribution in [3.8, 4) is 6.07 Å². The van der Waals surface area contributed by atoms with Gasteiger partial charge in [0.15, 0.2) is 11.0 Å². The minimum atomic E-state index is 0.627. The predicted octanol–water partition coefficient (Wildman–Crippen LogP) is 3.47. The number of halogens is 1. The number of imidazole rings is 1. The van der Waals surface area contributed by atoms with Crippen molar-refractivity contribution < 1.29 is 4.40 Å². The van der Waals surface area contributed by atoms with Crippen molar-refractivity contribution in [1.82, 2.24) is 4.98 Å². The number of nitriles is 1. The zero-order valence-electron chi connectivity index (χ0n) is 11.1. The first-order valence-corrected chi connectivity index (χ1v) is 6.71. The van der Waals surface area contributed by atoms with Crippen LogP contribution in [0, 0.1) is 18.3 Å². The van der Waals surface area contributed by atoms with E-state index in [4.69, 9.17) is 11.6 Å². The van der Waals surface area contributed by atoms with Crippen LogP contribution in [0.4, 0.5) is 0 Å². The Morgan fingerprint density at radius 2 is 2.20 bits per heavy atom. The third-order valence-corrected chi connectivity index (χ3v) is 3.99. The summed E-state index contributed by atoms with van der Waals surface area (Å²) in [6.07, 6.45) is 2.44. The molecular formula is C16H13ClN3+. The number of pyridine rings is 1. The molecule has 2 aromatic heterocycles. The molecule has 4 heteroatoms. The number of nitrogens with one attached hydrogen (secondary N) is 1. The molecule has 0 amide bonds. The molecule has 0 unspecified atom stereocenters. The fourth-order valence-corrected chi connectivity index (χ4v) is 2.99. The number of para-hydroxylation sites is 2. The lowest BCUT2D eigenvalue weighted by molar-refractivity contribution is -0.479. The van der Waals surface area contributed by atoms with Gasteiger partial charge in [0.05, 0.1) is 0 Å². The van der Waals surface area contributed by atoms with E-state index in [1.807, 2.05) is 35.6 Å². The Labute approximate surface area is 121 Å². The average Bonchev–Trinajstić information content (AvgIpc) is 2.83. The van der Waals surface area contributed by atoms with E-state index in [1.54, 1.807) is 6.08 Å². The highest BCUT2D eigenvalue weighted by molar-refractivity contribution is 6.29. The fraction of sp³-hybridized carbons (Fsp3) is 0.125. The molecule has 1 N–H and O–H groups in total. The number of fused-ring (bicyclic) bond motifs is 3. The van der Waals surface area contributed by atoms with Crippen LogP contribution in [0.5, 0.6) is 0 Å². The van der Waals surface area contributed by atoms with Crippen LogP contribution in [-0.4, -0.2) is 4.98 Å². The largest absolute Gasteiger partial charge is 0.304 e. The van der Waals surface area contributed by atoms with Crippen LogP contribution in [0.1, 0.15) is 16.7 Å². The highest BCUT2D eigenvalue weighted by Crippen LogP contribution is 2.25. The fourth-order valence-electron chi connectivity index (χ4n) is 2.59. The topological polar surface area (TPSA) is 43.7 Å². The molecule has 1 aromatic carbocycles. The van der Waals surface area contributed by atoms with E-state index in [9.17, 15) is 5.26 Å². The summed E-state index contributed by atoms with van der Waals surface area (Å²) in [5.74, 6) is 0. The van der Waals surface area contributed by atoms with Crippen LogP contribution in [0.15, 0.2) is 36.9 Å². The number of hydrogen-bond donors (Lipinski definition) is 1. The number of allylic oxidation sites excluding steroid dienone is 1. The average molecular weight is 283 g/mol. The van der Waals surface area contributed by atoms with Crippen LogP contribution in [0.2, 0.25) is 5.15 Å². The van der Waals surface area contributed by atoms with Crippen molar-refractivity contribution in [1.29, 1.82) is 5.26 Å². The van der Waals surface area contributed by atoms with E-state index >= 15 is 0 Å². The molecule has 3 nitrogen and oxygen atoms in total. The Kier molecular flexibility index (Phi) is 2.96. The Morgan fingerprint density at radius 3 is 2.90 bits per heavy atom. The lowest BCUT2D eigenvalue weighted by Gasteiger charge is -2.06. The molecule has 3 aromatic rings. The van der Waals surface area contributed by atoms with E-state index < -0.39 is 0 Å². The van der Waals surface area contributed by atoms with Crippen LogP contribution in [-0.2, 0) is 6.42 Å². The molecule has 0 aliphatic rings. The third kappa shape index (κ3) is 1.62. The molecule has 0 radical (unpaired) electrons. The van der Waals surface area contributed by atoms with E-state index in [0.717, 1.165) is 27.8 Å². The molecule has 0 atom stereocenters. The summed E-state index contributed by atoms with van der Waals surface area (Å²) in [4.78, 5) is 3.28. The van der Waals surface area contributed by atoms with E-state index in [-0.39, 0.29) is 0 Å². The maximum Gasteiger partial charge on any atom is 0.304 e. The van der Waals surface area contributed by atoms with Crippen molar-refractivity contribution in [3.63, 3.8) is 0 Å². The van der Waals surface area contributed by atoms with Crippen molar-refractivity contribution in [2.24, 2.45) is 0 Å². The number of aromatic nitrogens is 2. The minimum absolute atomic E-state index is 0.627. The van der Waals surface area contributed by atoms with Crippen molar-refractivity contribution >= 4 is 28.3 Å². The molecule has 0 spiro atoms. The number of rotatable bonds is 2. The summed E-state index contributed by atoms with van der Waals surface area (Å²) < 4.78 is 1.90. The molecule has 0 aliphatic heterocycles. The maximum atomic E-state index is 9.47. The van der Waals surface area contributed by atoms with Gasteiger partial charge in [0.2, 0.25) is 5.15 Å². The van der Waals surface area contributed by atoms with E-state index in [0.29, 0.717) is 17.1 Å². The molecule has 0 fully saturated rings. The summed E-state index contributed by atoms with van der Waals surface area (Å²) in [7, 11) is 0. The SMILES string of the molecule is C=CCc1c(C)c(C#N)c2[nH]c3ccccc3[n+]2c1Cl. The van der Waals surface area contributed by atoms with Gasteiger partial charge in [-0.15, -0.1) is 6.58 Å². The van der Waals surface area contributed by atoms with Gasteiger partial charge in [-0.05, 0) is 42.6 Å². The second-order valence-corrected chi connectivity index (χ2v) is 5.06. The van der Waals surface area contributed by atoms with Crippen molar-refractivity contribution in [2.45, 2.75) is 13.3 Å². The molecule has 20 heavy (non-hydrogen) atoms. The number of aromatic amines is 1. The number of nitrogens with zero attached hydrogens (tertiary/aromatic N) is 2. The van der Waals surface area contributed by atoms with Gasteiger partial charge in [-0.2, -0.15) is 9.66 Å². The van der Waals surface area contributed by atoms with Crippen molar-refractivity contribution in [3.05, 3.63) is 58.8 Å². The summed E-state index contributed by atoms with van der Waals surface area (Å²) in [5, 5.41) is 10.1. The zero-order valence-corrected chi connectivity index (χ0v) is 11.8. The highest BCUT2D eigenvalue weighted by Gasteiger charge is 2.24. The Balaban J connectivity index is 2.59. The molecule has 0 aliphatic carbocycles. The first kappa shape index (κ1) is 12.7. The van der Waals surface area contributed by atoms with E-state index in [1.165, 1.54) is 0 Å². The van der Waals surface area contributed by atoms with Crippen molar-refractivity contribution in [2.75, 3.05) is 0 Å². The summed E-state index contributed by atoms with van der Waals surface area (Å²) >= 11 is 6.56. The Bertz CT molecular complexity index is 884. The predicted molar refractivity (Wildman–Crippen MR) is 79.8 cm³/mol. The normalized spacial score (nSPS) is 10.8. The standard InChI is InChI=1S/C16H12ClN3/c1-3-6-11-10(2)12(9-18)16-19-13-7-4-5-8-14(13)20(16)15(11)17/h3-5,7-8H,1,6H2,2H3/p+1. The van der Waals surface area contributed by atoms with Crippen LogP contribution >= 0.6 is 11.6 Å². The Hall–Kier alpha value is -2.31. The highest BCUT2D eigenvalue weighted by atomic mass is 35.5. The smallest absolute Gasteiger partial charge is 0.235 e. The monoisotopic (exact) mass is 282 g/mol. The second kappa shape index (κ2) is 4.66. The van der Waals surface area contributed by atoms with Gasteiger partial charge in [-0.3, -0.25) is 0 Å². The molecule has 98 valence electrons. The van der Waals surface area contributed by atoms with Gasteiger partial charge in [0.1, 0.15) is 11.6 Å². The Morgan fingerprint density at radius 1 is 1.45 bits per heavy atom. The lowest BCUT2D eigenvalue weighted by Crippen LogP contribution is -2.25. The summed E-state index contributed by atoms with van der Waals surface area (Å²) in [6.45, 7) is 5.69. The number of hydrogen-bond acceptors (Lipinski definition) is 1. The van der Waals surface area contributed by atoms with Crippen LogP contribution in [0.3, 0.4) is 0 Å². The third-order valence-electron chi connectivity index (χ3n) is 3.59. The molecular weight excluding hydrogens is 270 g/mol. The first-order valence-electron chi connectivity index (χ1n) is 6.33. The van der Waals surface area contributed by atoms with Gasteiger partial charge in [-0.1, -0.05) is 18.2 Å². The van der Waals surface area contributed by atoms with Crippen LogP contribution in [0.25, 0.3) is 16.7 Å². The number of H-pyrrole nitrogens is 1. The van der Waals surface area contributed by atoms with Crippen LogP contribution < -0.4 is 4.40 Å². The van der Waals surface area contributed by atoms with Gasteiger partial charge in [0, 0.05) is 5.56 Å². The zero-order chi connectivity index (χ0) is 14.3. The maximum absolute atomic E-state index is 9.47. The van der Waals surface area contributed by atoms with Gasteiger partial charge in [-0.25, -0.2) is 4.98 Å².